The van der Waals surface area contributed by atoms with E-state index >= 15 is 0 Å². The van der Waals surface area contributed by atoms with Gasteiger partial charge in [0.15, 0.2) is 0 Å². The fourth-order valence-electron chi connectivity index (χ4n) is 2.37. The van der Waals surface area contributed by atoms with Crippen molar-refractivity contribution in [1.82, 2.24) is 0 Å². The Morgan fingerprint density at radius 3 is 2.17 bits per heavy atom. The Balaban J connectivity index is 2.46. The van der Waals surface area contributed by atoms with Gasteiger partial charge in [-0.1, -0.05) is 53.7 Å². The Kier molecular flexibility index (Phi) is 3.04. The van der Waals surface area contributed by atoms with Crippen LogP contribution < -0.4 is 4.74 Å². The molecule has 1 heterocycles. The Labute approximate surface area is 111 Å². The maximum absolute atomic E-state index is 5.84. The van der Waals surface area contributed by atoms with Gasteiger partial charge in [0.1, 0.15) is 5.75 Å². The van der Waals surface area contributed by atoms with Gasteiger partial charge in [-0.3, -0.25) is 0 Å². The van der Waals surface area contributed by atoms with Crippen LogP contribution in [0.15, 0.2) is 30.0 Å². The lowest BCUT2D eigenvalue weighted by atomic mass is 9.77. The van der Waals surface area contributed by atoms with Crippen molar-refractivity contribution in [3.05, 3.63) is 41.2 Å². The molecule has 1 aromatic rings. The maximum Gasteiger partial charge on any atom is 0.130 e. The van der Waals surface area contributed by atoms with Gasteiger partial charge in [-0.15, -0.1) is 0 Å². The standard InChI is InChI=1S/C17H24O/c1-16(2,3)12-10-13-14(17(4,5)6)8-7-9-15(13)18-11-12/h7-9,11H,10H2,1-6H3. The van der Waals surface area contributed by atoms with Crippen molar-refractivity contribution in [3.8, 4) is 5.75 Å². The SMILES string of the molecule is CC(C)(C)C1=COc2cccc(C(C)(C)C)c2C1. The van der Waals surface area contributed by atoms with Gasteiger partial charge < -0.3 is 4.74 Å². The second kappa shape index (κ2) is 4.15. The van der Waals surface area contributed by atoms with Gasteiger partial charge in [0.2, 0.25) is 0 Å². The molecule has 2 rings (SSSR count). The second-order valence-electron chi connectivity index (χ2n) is 7.22. The zero-order valence-electron chi connectivity index (χ0n) is 12.4. The van der Waals surface area contributed by atoms with Crippen molar-refractivity contribution < 1.29 is 4.74 Å². The van der Waals surface area contributed by atoms with Crippen molar-refractivity contribution in [2.75, 3.05) is 0 Å². The van der Waals surface area contributed by atoms with Crippen molar-refractivity contribution in [2.24, 2.45) is 5.41 Å². The number of ether oxygens (including phenoxy) is 1. The smallest absolute Gasteiger partial charge is 0.130 e. The van der Waals surface area contributed by atoms with E-state index in [1.54, 1.807) is 0 Å². The van der Waals surface area contributed by atoms with Crippen LogP contribution in [0.4, 0.5) is 0 Å². The summed E-state index contributed by atoms with van der Waals surface area (Å²) in [5, 5.41) is 0. The van der Waals surface area contributed by atoms with E-state index in [1.807, 2.05) is 6.26 Å². The summed E-state index contributed by atoms with van der Waals surface area (Å²) in [5.74, 6) is 1.02. The highest BCUT2D eigenvalue weighted by Crippen LogP contribution is 2.39. The Morgan fingerprint density at radius 1 is 0.944 bits per heavy atom. The fourth-order valence-corrected chi connectivity index (χ4v) is 2.37. The molecule has 0 N–H and O–H groups in total. The van der Waals surface area contributed by atoms with Crippen LogP contribution >= 0.6 is 0 Å². The summed E-state index contributed by atoms with van der Waals surface area (Å²) in [7, 11) is 0. The topological polar surface area (TPSA) is 9.23 Å². The molecule has 1 aliphatic heterocycles. The molecular formula is C17H24O. The second-order valence-corrected chi connectivity index (χ2v) is 7.22. The summed E-state index contributed by atoms with van der Waals surface area (Å²) >= 11 is 0. The van der Waals surface area contributed by atoms with E-state index in [9.17, 15) is 0 Å². The van der Waals surface area contributed by atoms with Crippen LogP contribution in [-0.4, -0.2) is 0 Å². The van der Waals surface area contributed by atoms with E-state index in [4.69, 9.17) is 4.74 Å². The fraction of sp³-hybridized carbons (Fsp3) is 0.529. The number of fused-ring (bicyclic) bond motifs is 1. The molecule has 0 spiro atoms. The summed E-state index contributed by atoms with van der Waals surface area (Å²) < 4.78 is 5.84. The molecule has 0 saturated carbocycles. The lowest BCUT2D eigenvalue weighted by molar-refractivity contribution is 0.400. The highest BCUT2D eigenvalue weighted by atomic mass is 16.5. The molecule has 1 heteroatoms. The quantitative estimate of drug-likeness (QED) is 0.634. The number of hydrogen-bond acceptors (Lipinski definition) is 1. The highest BCUT2D eigenvalue weighted by Gasteiger charge is 2.27. The third-order valence-corrected chi connectivity index (χ3v) is 3.60. The minimum atomic E-state index is 0.162. The van der Waals surface area contributed by atoms with Crippen molar-refractivity contribution >= 4 is 0 Å². The first kappa shape index (κ1) is 13.2. The minimum absolute atomic E-state index is 0.162. The molecule has 0 amide bonds. The average Bonchev–Trinajstić information content (AvgIpc) is 2.25. The first-order valence-corrected chi connectivity index (χ1v) is 6.68. The van der Waals surface area contributed by atoms with Crippen molar-refractivity contribution in [1.29, 1.82) is 0 Å². The van der Waals surface area contributed by atoms with Crippen LogP contribution in [0, 0.1) is 5.41 Å². The molecule has 1 nitrogen and oxygen atoms in total. The summed E-state index contributed by atoms with van der Waals surface area (Å²) in [6, 6.07) is 6.39. The summed E-state index contributed by atoms with van der Waals surface area (Å²) in [6.07, 6.45) is 2.95. The van der Waals surface area contributed by atoms with E-state index < -0.39 is 0 Å². The first-order chi connectivity index (χ1) is 8.19. The van der Waals surface area contributed by atoms with Gasteiger partial charge >= 0.3 is 0 Å². The van der Waals surface area contributed by atoms with E-state index in [0.29, 0.717) is 0 Å². The van der Waals surface area contributed by atoms with Gasteiger partial charge in [-0.2, -0.15) is 0 Å². The third-order valence-electron chi connectivity index (χ3n) is 3.60. The van der Waals surface area contributed by atoms with Gasteiger partial charge in [0.25, 0.3) is 0 Å². The maximum atomic E-state index is 5.84. The third kappa shape index (κ3) is 2.45. The molecule has 0 aromatic heterocycles. The Morgan fingerprint density at radius 2 is 1.61 bits per heavy atom. The van der Waals surface area contributed by atoms with E-state index in [1.165, 1.54) is 16.7 Å². The summed E-state index contributed by atoms with van der Waals surface area (Å²) in [4.78, 5) is 0. The molecule has 1 aliphatic rings. The monoisotopic (exact) mass is 244 g/mol. The van der Waals surface area contributed by atoms with Crippen LogP contribution in [0.3, 0.4) is 0 Å². The van der Waals surface area contributed by atoms with E-state index in [2.05, 4.69) is 59.7 Å². The summed E-state index contributed by atoms with van der Waals surface area (Å²) in [6.45, 7) is 13.5. The van der Waals surface area contributed by atoms with Gasteiger partial charge in [-0.25, -0.2) is 0 Å². The number of allylic oxidation sites excluding steroid dienone is 1. The number of benzene rings is 1. The molecule has 98 valence electrons. The lowest BCUT2D eigenvalue weighted by Gasteiger charge is -2.31. The van der Waals surface area contributed by atoms with Crippen LogP contribution in [0.2, 0.25) is 0 Å². The average molecular weight is 244 g/mol. The molecular weight excluding hydrogens is 220 g/mol. The molecule has 18 heavy (non-hydrogen) atoms. The Bertz CT molecular complexity index is 481. The van der Waals surface area contributed by atoms with Gasteiger partial charge in [-0.05, 0) is 28.0 Å². The zero-order chi connectivity index (χ0) is 13.6. The van der Waals surface area contributed by atoms with E-state index in [-0.39, 0.29) is 10.8 Å². The largest absolute Gasteiger partial charge is 0.465 e. The number of rotatable bonds is 0. The van der Waals surface area contributed by atoms with Crippen molar-refractivity contribution in [3.63, 3.8) is 0 Å². The minimum Gasteiger partial charge on any atom is -0.465 e. The molecule has 1 aromatic carbocycles. The molecule has 0 bridgehead atoms. The van der Waals surface area contributed by atoms with Crippen LogP contribution in [0.5, 0.6) is 5.75 Å². The summed E-state index contributed by atoms with van der Waals surface area (Å²) in [5.41, 5.74) is 4.46. The van der Waals surface area contributed by atoms with Crippen LogP contribution in [-0.2, 0) is 11.8 Å². The Hall–Kier alpha value is -1.24. The number of hydrogen-bond donors (Lipinski definition) is 0. The van der Waals surface area contributed by atoms with E-state index in [0.717, 1.165) is 12.2 Å². The van der Waals surface area contributed by atoms with Crippen molar-refractivity contribution in [2.45, 2.75) is 53.4 Å². The lowest BCUT2D eigenvalue weighted by Crippen LogP contribution is -2.21. The molecule has 0 fully saturated rings. The molecule has 0 aliphatic carbocycles. The van der Waals surface area contributed by atoms with Gasteiger partial charge in [0.05, 0.1) is 6.26 Å². The van der Waals surface area contributed by atoms with Crippen LogP contribution in [0.1, 0.15) is 52.7 Å². The molecule has 0 saturated heterocycles. The first-order valence-electron chi connectivity index (χ1n) is 6.68. The zero-order valence-corrected chi connectivity index (χ0v) is 12.4. The molecule has 0 radical (unpaired) electrons. The molecule has 0 unspecified atom stereocenters. The normalized spacial score (nSPS) is 15.8. The highest BCUT2D eigenvalue weighted by molar-refractivity contribution is 5.48. The molecule has 0 atom stereocenters. The van der Waals surface area contributed by atoms with Gasteiger partial charge in [0, 0.05) is 12.0 Å². The van der Waals surface area contributed by atoms with Crippen LogP contribution in [0.25, 0.3) is 0 Å². The predicted molar refractivity (Wildman–Crippen MR) is 77.0 cm³/mol. The predicted octanol–water partition coefficient (Wildman–Crippen LogP) is 4.85.